The summed E-state index contributed by atoms with van der Waals surface area (Å²) in [5, 5.41) is 3.32. The first-order valence-corrected chi connectivity index (χ1v) is 7.10. The highest BCUT2D eigenvalue weighted by Crippen LogP contribution is 2.29. The molecule has 0 bridgehead atoms. The van der Waals surface area contributed by atoms with E-state index in [-0.39, 0.29) is 12.1 Å². The molecule has 0 radical (unpaired) electrons. The van der Waals surface area contributed by atoms with E-state index in [9.17, 15) is 8.78 Å². The maximum atomic E-state index is 13.4. The van der Waals surface area contributed by atoms with Gasteiger partial charge >= 0.3 is 0 Å². The Morgan fingerprint density at radius 3 is 2.65 bits per heavy atom. The minimum atomic E-state index is -0.542. The fourth-order valence-corrected chi connectivity index (χ4v) is 2.67. The van der Waals surface area contributed by atoms with Crippen molar-refractivity contribution in [2.24, 2.45) is 0 Å². The van der Waals surface area contributed by atoms with Crippen LogP contribution in [0.2, 0.25) is 0 Å². The summed E-state index contributed by atoms with van der Waals surface area (Å²) in [6, 6.07) is 3.56. The lowest BCUT2D eigenvalue weighted by atomic mass is 9.98. The molecule has 0 saturated carbocycles. The average Bonchev–Trinajstić information content (AvgIpc) is 2.38. The summed E-state index contributed by atoms with van der Waals surface area (Å²) in [5.74, 6) is -1.08. The number of benzene rings is 1. The molecule has 1 aliphatic heterocycles. The normalized spacial score (nSPS) is 24.0. The molecule has 1 N–H and O–H groups in total. The van der Waals surface area contributed by atoms with Crippen LogP contribution in [0.5, 0.6) is 0 Å². The lowest BCUT2D eigenvalue weighted by molar-refractivity contribution is -0.0614. The van der Waals surface area contributed by atoms with Crippen LogP contribution >= 0.6 is 0 Å². The molecule has 1 aromatic carbocycles. The Morgan fingerprint density at radius 1 is 1.30 bits per heavy atom. The third kappa shape index (κ3) is 3.75. The first kappa shape index (κ1) is 15.4. The molecule has 0 aromatic heterocycles. The quantitative estimate of drug-likeness (QED) is 0.840. The summed E-state index contributed by atoms with van der Waals surface area (Å²) in [7, 11) is 1.96. The molecule has 2 rings (SSSR count). The van der Waals surface area contributed by atoms with E-state index in [1.807, 2.05) is 7.05 Å². The SMILES string of the molecule is CCCNCC1OCCN(C)C1c1cc(F)cc(F)c1. The summed E-state index contributed by atoms with van der Waals surface area (Å²) < 4.78 is 32.7. The van der Waals surface area contributed by atoms with E-state index in [1.54, 1.807) is 0 Å². The first-order chi connectivity index (χ1) is 9.61. The van der Waals surface area contributed by atoms with Crippen LogP contribution in [-0.4, -0.2) is 44.3 Å². The number of ether oxygens (including phenoxy) is 1. The molecule has 0 aliphatic carbocycles. The predicted molar refractivity (Wildman–Crippen MR) is 74.6 cm³/mol. The first-order valence-electron chi connectivity index (χ1n) is 7.10. The zero-order valence-electron chi connectivity index (χ0n) is 12.0. The highest BCUT2D eigenvalue weighted by atomic mass is 19.1. The van der Waals surface area contributed by atoms with Crippen molar-refractivity contribution in [2.75, 3.05) is 33.3 Å². The lowest BCUT2D eigenvalue weighted by Crippen LogP contribution is -2.47. The molecule has 1 saturated heterocycles. The molecule has 0 amide bonds. The third-order valence-electron chi connectivity index (χ3n) is 3.60. The molecule has 20 heavy (non-hydrogen) atoms. The lowest BCUT2D eigenvalue weighted by Gasteiger charge is -2.39. The molecule has 1 aromatic rings. The number of hydrogen-bond acceptors (Lipinski definition) is 3. The standard InChI is InChI=1S/C15H22F2N2O/c1-3-4-18-10-14-15(19(2)5-6-20-14)11-7-12(16)9-13(17)8-11/h7-9,14-15,18H,3-6,10H2,1-2H3. The van der Waals surface area contributed by atoms with Crippen molar-refractivity contribution in [3.63, 3.8) is 0 Å². The predicted octanol–water partition coefficient (Wildman–Crippen LogP) is 2.34. The van der Waals surface area contributed by atoms with E-state index < -0.39 is 11.6 Å². The molecular formula is C15H22F2N2O. The van der Waals surface area contributed by atoms with Gasteiger partial charge in [0.1, 0.15) is 11.6 Å². The van der Waals surface area contributed by atoms with Crippen LogP contribution in [0.15, 0.2) is 18.2 Å². The number of nitrogens with one attached hydrogen (secondary N) is 1. The summed E-state index contributed by atoms with van der Waals surface area (Å²) in [5.41, 5.74) is 0.632. The third-order valence-corrected chi connectivity index (χ3v) is 3.60. The Kier molecular flexibility index (Phi) is 5.46. The molecule has 3 nitrogen and oxygen atoms in total. The van der Waals surface area contributed by atoms with Gasteiger partial charge in [0.15, 0.2) is 0 Å². The number of hydrogen-bond donors (Lipinski definition) is 1. The van der Waals surface area contributed by atoms with Gasteiger partial charge in [0.25, 0.3) is 0 Å². The summed E-state index contributed by atoms with van der Waals surface area (Å²) in [6.45, 7) is 5.09. The molecule has 0 spiro atoms. The number of morpholine rings is 1. The molecule has 112 valence electrons. The van der Waals surface area contributed by atoms with Crippen LogP contribution in [0.4, 0.5) is 8.78 Å². The highest BCUT2D eigenvalue weighted by Gasteiger charge is 2.31. The fourth-order valence-electron chi connectivity index (χ4n) is 2.67. The minimum absolute atomic E-state index is 0.0958. The fraction of sp³-hybridized carbons (Fsp3) is 0.600. The van der Waals surface area contributed by atoms with Crippen LogP contribution in [0, 0.1) is 11.6 Å². The number of rotatable bonds is 5. The van der Waals surface area contributed by atoms with Gasteiger partial charge in [-0.25, -0.2) is 8.78 Å². The van der Waals surface area contributed by atoms with Crippen molar-refractivity contribution in [1.82, 2.24) is 10.2 Å². The molecule has 1 aliphatic rings. The van der Waals surface area contributed by atoms with Crippen molar-refractivity contribution in [1.29, 1.82) is 0 Å². The van der Waals surface area contributed by atoms with E-state index in [1.165, 1.54) is 12.1 Å². The van der Waals surface area contributed by atoms with Gasteiger partial charge in [0.05, 0.1) is 18.8 Å². The Hall–Kier alpha value is -1.04. The monoisotopic (exact) mass is 284 g/mol. The van der Waals surface area contributed by atoms with Crippen molar-refractivity contribution in [3.05, 3.63) is 35.4 Å². The Balaban J connectivity index is 2.18. The van der Waals surface area contributed by atoms with Gasteiger partial charge in [0, 0.05) is 19.2 Å². The van der Waals surface area contributed by atoms with Gasteiger partial charge in [0.2, 0.25) is 0 Å². The van der Waals surface area contributed by atoms with E-state index >= 15 is 0 Å². The topological polar surface area (TPSA) is 24.5 Å². The molecule has 5 heteroatoms. The second-order valence-electron chi connectivity index (χ2n) is 5.24. The van der Waals surface area contributed by atoms with E-state index in [0.717, 1.165) is 25.6 Å². The Labute approximate surface area is 118 Å². The summed E-state index contributed by atoms with van der Waals surface area (Å²) in [4.78, 5) is 2.09. The van der Waals surface area contributed by atoms with Crippen LogP contribution in [0.3, 0.4) is 0 Å². The molecule has 2 unspecified atom stereocenters. The number of halogens is 2. The van der Waals surface area contributed by atoms with Crippen molar-refractivity contribution in [2.45, 2.75) is 25.5 Å². The van der Waals surface area contributed by atoms with E-state index in [4.69, 9.17) is 4.74 Å². The second-order valence-corrected chi connectivity index (χ2v) is 5.24. The van der Waals surface area contributed by atoms with Crippen molar-refractivity contribution in [3.8, 4) is 0 Å². The Bertz CT molecular complexity index is 422. The summed E-state index contributed by atoms with van der Waals surface area (Å²) in [6.07, 6.45) is 0.948. The van der Waals surface area contributed by atoms with Crippen LogP contribution in [0.1, 0.15) is 24.9 Å². The van der Waals surface area contributed by atoms with Crippen LogP contribution < -0.4 is 5.32 Å². The van der Waals surface area contributed by atoms with Gasteiger partial charge < -0.3 is 10.1 Å². The van der Waals surface area contributed by atoms with Crippen LogP contribution in [0.25, 0.3) is 0 Å². The zero-order valence-corrected chi connectivity index (χ0v) is 12.0. The van der Waals surface area contributed by atoms with E-state index in [0.29, 0.717) is 18.7 Å². The van der Waals surface area contributed by atoms with Crippen molar-refractivity contribution >= 4 is 0 Å². The maximum Gasteiger partial charge on any atom is 0.126 e. The van der Waals surface area contributed by atoms with Crippen LogP contribution in [-0.2, 0) is 4.74 Å². The van der Waals surface area contributed by atoms with Gasteiger partial charge in [-0.2, -0.15) is 0 Å². The molecule has 1 fully saturated rings. The number of likely N-dealkylation sites (N-methyl/N-ethyl adjacent to an activating group) is 1. The largest absolute Gasteiger partial charge is 0.374 e. The highest BCUT2D eigenvalue weighted by molar-refractivity contribution is 5.23. The minimum Gasteiger partial charge on any atom is -0.374 e. The molecular weight excluding hydrogens is 262 g/mol. The average molecular weight is 284 g/mol. The van der Waals surface area contributed by atoms with Crippen molar-refractivity contribution < 1.29 is 13.5 Å². The maximum absolute atomic E-state index is 13.4. The zero-order chi connectivity index (χ0) is 14.5. The van der Waals surface area contributed by atoms with Gasteiger partial charge in [-0.1, -0.05) is 6.92 Å². The van der Waals surface area contributed by atoms with Gasteiger partial charge in [-0.15, -0.1) is 0 Å². The molecule has 2 atom stereocenters. The second kappa shape index (κ2) is 7.11. The smallest absolute Gasteiger partial charge is 0.126 e. The van der Waals surface area contributed by atoms with Gasteiger partial charge in [-0.3, -0.25) is 4.90 Å². The number of nitrogens with zero attached hydrogens (tertiary/aromatic N) is 1. The molecule has 1 heterocycles. The summed E-state index contributed by atoms with van der Waals surface area (Å²) >= 11 is 0. The van der Waals surface area contributed by atoms with E-state index in [2.05, 4.69) is 17.1 Å². The van der Waals surface area contributed by atoms with Gasteiger partial charge in [-0.05, 0) is 37.7 Å². The Morgan fingerprint density at radius 2 is 2.00 bits per heavy atom.